The van der Waals surface area contributed by atoms with Crippen LogP contribution < -0.4 is 4.74 Å². The van der Waals surface area contributed by atoms with Gasteiger partial charge < -0.3 is 4.74 Å². The topological polar surface area (TPSA) is 49.9 Å². The number of thioether (sulfide) groups is 1. The summed E-state index contributed by atoms with van der Waals surface area (Å²) in [6.45, 7) is 1.29. The van der Waals surface area contributed by atoms with E-state index in [4.69, 9.17) is 4.74 Å². The molecule has 1 heterocycles. The van der Waals surface area contributed by atoms with Gasteiger partial charge in [0.15, 0.2) is 0 Å². The van der Waals surface area contributed by atoms with Crippen molar-refractivity contribution < 1.29 is 14.3 Å². The van der Waals surface area contributed by atoms with Gasteiger partial charge >= 0.3 is 0 Å². The fourth-order valence-corrected chi connectivity index (χ4v) is 3.69. The van der Waals surface area contributed by atoms with Crippen LogP contribution in [-0.4, -0.2) is 54.0 Å². The minimum atomic E-state index is -0.450. The SMILES string of the molecule is COc1ccc(C2(C(=O)N3CCCN3C(=O)CCSC)CC2)cc1. The third-order valence-electron chi connectivity index (χ3n) is 4.88. The van der Waals surface area contributed by atoms with Gasteiger partial charge in [0.05, 0.1) is 12.5 Å². The van der Waals surface area contributed by atoms with Crippen molar-refractivity contribution in [3.8, 4) is 5.75 Å². The molecular formula is C18H24N2O3S. The second-order valence-corrected chi connectivity index (χ2v) is 7.34. The molecule has 3 rings (SSSR count). The fourth-order valence-electron chi connectivity index (χ4n) is 3.31. The summed E-state index contributed by atoms with van der Waals surface area (Å²) in [6, 6.07) is 7.74. The van der Waals surface area contributed by atoms with Crippen LogP contribution in [0, 0.1) is 0 Å². The number of methoxy groups -OCH3 is 1. The molecule has 1 saturated carbocycles. The van der Waals surface area contributed by atoms with Gasteiger partial charge in [0.1, 0.15) is 5.75 Å². The highest BCUT2D eigenvalue weighted by Crippen LogP contribution is 2.50. The Hall–Kier alpha value is -1.69. The smallest absolute Gasteiger partial charge is 0.251 e. The van der Waals surface area contributed by atoms with Crippen molar-refractivity contribution in [1.29, 1.82) is 0 Å². The van der Waals surface area contributed by atoms with Crippen molar-refractivity contribution in [3.63, 3.8) is 0 Å². The lowest BCUT2D eigenvalue weighted by Crippen LogP contribution is -2.49. The molecule has 1 aromatic carbocycles. The van der Waals surface area contributed by atoms with E-state index in [1.54, 1.807) is 28.9 Å². The summed E-state index contributed by atoms with van der Waals surface area (Å²) in [4.78, 5) is 25.6. The molecule has 1 aromatic rings. The second kappa shape index (κ2) is 7.05. The largest absolute Gasteiger partial charge is 0.497 e. The average molecular weight is 348 g/mol. The van der Waals surface area contributed by atoms with E-state index in [1.165, 1.54) is 0 Å². The van der Waals surface area contributed by atoms with Gasteiger partial charge in [-0.15, -0.1) is 0 Å². The molecule has 0 N–H and O–H groups in total. The molecule has 0 spiro atoms. The van der Waals surface area contributed by atoms with Crippen LogP contribution in [0.1, 0.15) is 31.2 Å². The number of carbonyl (C=O) groups is 2. The summed E-state index contributed by atoms with van der Waals surface area (Å²) < 4.78 is 5.20. The Bertz CT molecular complexity index is 613. The summed E-state index contributed by atoms with van der Waals surface area (Å²) in [5.41, 5.74) is 0.575. The molecule has 0 atom stereocenters. The maximum absolute atomic E-state index is 13.2. The number of carbonyl (C=O) groups excluding carboxylic acids is 2. The summed E-state index contributed by atoms with van der Waals surface area (Å²) in [7, 11) is 1.63. The fraction of sp³-hybridized carbons (Fsp3) is 0.556. The summed E-state index contributed by atoms with van der Waals surface area (Å²) in [6.07, 6.45) is 5.03. The number of hydrogen-bond acceptors (Lipinski definition) is 4. The molecule has 1 aliphatic carbocycles. The Morgan fingerprint density at radius 3 is 2.42 bits per heavy atom. The Morgan fingerprint density at radius 1 is 1.17 bits per heavy atom. The Labute approximate surface area is 147 Å². The third-order valence-corrected chi connectivity index (χ3v) is 5.49. The molecule has 130 valence electrons. The summed E-state index contributed by atoms with van der Waals surface area (Å²) >= 11 is 1.65. The first-order chi connectivity index (χ1) is 11.6. The van der Waals surface area contributed by atoms with Crippen LogP contribution in [0.25, 0.3) is 0 Å². The van der Waals surface area contributed by atoms with Gasteiger partial charge in [-0.05, 0) is 43.2 Å². The molecule has 0 radical (unpaired) electrons. The van der Waals surface area contributed by atoms with Crippen molar-refractivity contribution in [2.75, 3.05) is 32.2 Å². The molecule has 2 amide bonds. The first kappa shape index (κ1) is 17.1. The van der Waals surface area contributed by atoms with Crippen LogP contribution in [0.4, 0.5) is 0 Å². The standard InChI is InChI=1S/C18H24N2O3S/c1-23-15-6-4-14(5-7-15)18(9-10-18)17(22)20-12-3-11-19(20)16(21)8-13-24-2/h4-7H,3,8-13H2,1-2H3. The number of rotatable bonds is 6. The lowest BCUT2D eigenvalue weighted by Gasteiger charge is -2.31. The predicted octanol–water partition coefficient (Wildman–Crippen LogP) is 2.46. The van der Waals surface area contributed by atoms with Gasteiger partial charge in [-0.1, -0.05) is 12.1 Å². The van der Waals surface area contributed by atoms with Gasteiger partial charge in [-0.25, -0.2) is 0 Å². The van der Waals surface area contributed by atoms with Crippen LogP contribution in [0.15, 0.2) is 24.3 Å². The zero-order chi connectivity index (χ0) is 17.2. The summed E-state index contributed by atoms with van der Waals surface area (Å²) in [5, 5.41) is 3.36. The van der Waals surface area contributed by atoms with E-state index in [0.29, 0.717) is 19.5 Å². The van der Waals surface area contributed by atoms with Crippen molar-refractivity contribution in [1.82, 2.24) is 10.0 Å². The molecule has 0 aromatic heterocycles. The van der Waals surface area contributed by atoms with Crippen LogP contribution in [0.2, 0.25) is 0 Å². The Kier molecular flexibility index (Phi) is 5.04. The number of hydrogen-bond donors (Lipinski definition) is 0. The number of ether oxygens (including phenoxy) is 1. The molecule has 6 heteroatoms. The van der Waals surface area contributed by atoms with Gasteiger partial charge in [-0.3, -0.25) is 19.6 Å². The van der Waals surface area contributed by atoms with E-state index < -0.39 is 5.41 Å². The molecule has 0 unspecified atom stereocenters. The van der Waals surface area contributed by atoms with Crippen LogP contribution in [0.5, 0.6) is 5.75 Å². The highest BCUT2D eigenvalue weighted by atomic mass is 32.2. The molecule has 2 fully saturated rings. The molecule has 2 aliphatic rings. The second-order valence-electron chi connectivity index (χ2n) is 6.35. The maximum atomic E-state index is 13.2. The van der Waals surface area contributed by atoms with E-state index >= 15 is 0 Å². The van der Waals surface area contributed by atoms with Gasteiger partial charge in [0.25, 0.3) is 5.91 Å². The molecular weight excluding hydrogens is 324 g/mol. The minimum Gasteiger partial charge on any atom is -0.497 e. The average Bonchev–Trinajstić information content (AvgIpc) is 3.28. The predicted molar refractivity (Wildman–Crippen MR) is 94.9 cm³/mol. The molecule has 1 saturated heterocycles. The van der Waals surface area contributed by atoms with Gasteiger partial charge in [0.2, 0.25) is 5.91 Å². The zero-order valence-corrected chi connectivity index (χ0v) is 15.1. The van der Waals surface area contributed by atoms with E-state index in [2.05, 4.69) is 0 Å². The number of nitrogens with zero attached hydrogens (tertiary/aromatic N) is 2. The summed E-state index contributed by atoms with van der Waals surface area (Å²) in [5.74, 6) is 1.71. The van der Waals surface area contributed by atoms with Crippen molar-refractivity contribution in [2.24, 2.45) is 0 Å². The van der Waals surface area contributed by atoms with Crippen LogP contribution in [0.3, 0.4) is 0 Å². The number of hydrazine groups is 1. The maximum Gasteiger partial charge on any atom is 0.251 e. The van der Waals surface area contributed by atoms with E-state index in [9.17, 15) is 9.59 Å². The molecule has 5 nitrogen and oxygen atoms in total. The van der Waals surface area contributed by atoms with Crippen LogP contribution >= 0.6 is 11.8 Å². The van der Waals surface area contributed by atoms with E-state index in [1.807, 2.05) is 30.5 Å². The normalized spacial score (nSPS) is 18.6. The minimum absolute atomic E-state index is 0.0562. The van der Waals surface area contributed by atoms with Crippen LogP contribution in [-0.2, 0) is 15.0 Å². The van der Waals surface area contributed by atoms with Crippen molar-refractivity contribution in [2.45, 2.75) is 31.1 Å². The van der Waals surface area contributed by atoms with E-state index in [-0.39, 0.29) is 11.8 Å². The van der Waals surface area contributed by atoms with Crippen molar-refractivity contribution in [3.05, 3.63) is 29.8 Å². The number of amides is 2. The highest BCUT2D eigenvalue weighted by molar-refractivity contribution is 7.98. The lowest BCUT2D eigenvalue weighted by molar-refractivity contribution is -0.159. The lowest BCUT2D eigenvalue weighted by atomic mass is 9.94. The van der Waals surface area contributed by atoms with Gasteiger partial charge in [0, 0.05) is 25.3 Å². The number of benzene rings is 1. The molecule has 24 heavy (non-hydrogen) atoms. The molecule has 1 aliphatic heterocycles. The zero-order valence-electron chi connectivity index (χ0n) is 14.3. The quantitative estimate of drug-likeness (QED) is 0.792. The monoisotopic (exact) mass is 348 g/mol. The van der Waals surface area contributed by atoms with Crippen molar-refractivity contribution >= 4 is 23.6 Å². The van der Waals surface area contributed by atoms with E-state index in [0.717, 1.165) is 36.3 Å². The molecule has 0 bridgehead atoms. The first-order valence-electron chi connectivity index (χ1n) is 8.38. The third kappa shape index (κ3) is 3.11. The van der Waals surface area contributed by atoms with Gasteiger partial charge in [-0.2, -0.15) is 11.8 Å². The Morgan fingerprint density at radius 2 is 1.83 bits per heavy atom. The highest BCUT2D eigenvalue weighted by Gasteiger charge is 2.54. The Balaban J connectivity index is 1.75. The first-order valence-corrected chi connectivity index (χ1v) is 9.77.